The summed E-state index contributed by atoms with van der Waals surface area (Å²) in [6.45, 7) is 2.06. The molecule has 0 saturated carbocycles. The normalized spacial score (nSPS) is 13.6. The van der Waals surface area contributed by atoms with Gasteiger partial charge in [-0.25, -0.2) is 9.97 Å². The van der Waals surface area contributed by atoms with Crippen molar-refractivity contribution in [1.29, 1.82) is 0 Å². The van der Waals surface area contributed by atoms with E-state index < -0.39 is 0 Å². The summed E-state index contributed by atoms with van der Waals surface area (Å²) >= 11 is 0. The maximum Gasteiger partial charge on any atom is 0.258 e. The highest BCUT2D eigenvalue weighted by molar-refractivity contribution is 6.04. The van der Waals surface area contributed by atoms with E-state index in [1.54, 1.807) is 41.9 Å². The summed E-state index contributed by atoms with van der Waals surface area (Å²) < 4.78 is 7.08. The van der Waals surface area contributed by atoms with E-state index in [9.17, 15) is 9.59 Å². The maximum atomic E-state index is 13.1. The molecule has 0 radical (unpaired) electrons. The lowest BCUT2D eigenvalue weighted by Gasteiger charge is -2.32. The Hall–Kier alpha value is -5.19. The highest BCUT2D eigenvalue weighted by Crippen LogP contribution is 2.25. The molecule has 2 N–H and O–H groups in total. The van der Waals surface area contributed by atoms with Crippen molar-refractivity contribution >= 4 is 34.5 Å². The van der Waals surface area contributed by atoms with Crippen LogP contribution in [0.2, 0.25) is 0 Å². The largest absolute Gasteiger partial charge is 0.497 e. The predicted molar refractivity (Wildman–Crippen MR) is 151 cm³/mol. The number of hydrogen-bond donors (Lipinski definition) is 2. The smallest absolute Gasteiger partial charge is 0.258 e. The van der Waals surface area contributed by atoms with Gasteiger partial charge in [0.1, 0.15) is 17.3 Å². The molecule has 1 aliphatic heterocycles. The van der Waals surface area contributed by atoms with Crippen molar-refractivity contribution in [2.24, 2.45) is 0 Å². The van der Waals surface area contributed by atoms with Crippen LogP contribution >= 0.6 is 0 Å². The third-order valence-corrected chi connectivity index (χ3v) is 6.94. The molecule has 11 heteroatoms. The van der Waals surface area contributed by atoms with Crippen LogP contribution in [0.5, 0.6) is 5.75 Å². The number of benzene rings is 2. The third-order valence-electron chi connectivity index (χ3n) is 6.94. The minimum Gasteiger partial charge on any atom is -0.497 e. The predicted octanol–water partition coefficient (Wildman–Crippen LogP) is 3.41. The number of ether oxygens (including phenoxy) is 1. The van der Waals surface area contributed by atoms with Crippen LogP contribution in [-0.2, 0) is 11.3 Å². The maximum absolute atomic E-state index is 13.1. The van der Waals surface area contributed by atoms with Crippen molar-refractivity contribution in [3.05, 3.63) is 84.1 Å². The molecule has 2 amide bonds. The molecule has 1 fully saturated rings. The van der Waals surface area contributed by atoms with Gasteiger partial charge in [0.05, 0.1) is 36.8 Å². The van der Waals surface area contributed by atoms with Gasteiger partial charge in [-0.15, -0.1) is 0 Å². The Kier molecular flexibility index (Phi) is 6.61. The van der Waals surface area contributed by atoms with E-state index in [1.165, 1.54) is 6.20 Å². The summed E-state index contributed by atoms with van der Waals surface area (Å²) in [6, 6.07) is 20.8. The average molecular weight is 537 g/mol. The molecule has 4 heterocycles. The second-order valence-corrected chi connectivity index (χ2v) is 9.62. The number of piperazine rings is 1. The molecule has 0 atom stereocenters. The van der Waals surface area contributed by atoms with E-state index in [-0.39, 0.29) is 18.4 Å². The highest BCUT2D eigenvalue weighted by Gasteiger charge is 2.22. The van der Waals surface area contributed by atoms with Gasteiger partial charge in [-0.3, -0.25) is 14.3 Å². The van der Waals surface area contributed by atoms with E-state index in [2.05, 4.69) is 20.4 Å². The number of aromatic nitrogens is 5. The van der Waals surface area contributed by atoms with Crippen molar-refractivity contribution in [2.45, 2.75) is 6.54 Å². The first-order valence-electron chi connectivity index (χ1n) is 12.9. The van der Waals surface area contributed by atoms with Crippen LogP contribution in [0.1, 0.15) is 15.9 Å². The van der Waals surface area contributed by atoms with Gasteiger partial charge in [-0.05, 0) is 42.0 Å². The van der Waals surface area contributed by atoms with Crippen LogP contribution in [0.15, 0.2) is 72.9 Å². The number of carbonyl (C=O) groups is 2. The molecule has 3 aromatic heterocycles. The number of carbonyl (C=O) groups excluding carboxylic acids is 2. The molecule has 11 nitrogen and oxygen atoms in total. The Morgan fingerprint density at radius 1 is 1.07 bits per heavy atom. The minimum atomic E-state index is -0.334. The Labute approximate surface area is 230 Å². The van der Waals surface area contributed by atoms with E-state index in [0.29, 0.717) is 42.7 Å². The van der Waals surface area contributed by atoms with Crippen molar-refractivity contribution in [3.8, 4) is 17.3 Å². The summed E-state index contributed by atoms with van der Waals surface area (Å²) in [5, 5.41) is 7.58. The molecular weight excluding hydrogens is 508 g/mol. The molecule has 202 valence electrons. The number of rotatable bonds is 7. The monoisotopic (exact) mass is 536 g/mol. The summed E-state index contributed by atoms with van der Waals surface area (Å²) in [6.07, 6.45) is 1.52. The van der Waals surface area contributed by atoms with Crippen LogP contribution in [-0.4, -0.2) is 75.2 Å². The molecule has 0 spiro atoms. The lowest BCUT2D eigenvalue weighted by molar-refractivity contribution is -0.129. The number of para-hydroxylation sites is 2. The summed E-state index contributed by atoms with van der Waals surface area (Å²) in [4.78, 5) is 41.3. The number of nitrogens with one attached hydrogen (secondary N) is 2. The fourth-order valence-corrected chi connectivity index (χ4v) is 4.62. The van der Waals surface area contributed by atoms with Gasteiger partial charge < -0.3 is 24.8 Å². The number of fused-ring (bicyclic) bond motifs is 1. The fourth-order valence-electron chi connectivity index (χ4n) is 4.62. The van der Waals surface area contributed by atoms with Crippen molar-refractivity contribution in [2.75, 3.05) is 44.0 Å². The lowest BCUT2D eigenvalue weighted by atomic mass is 10.2. The summed E-state index contributed by atoms with van der Waals surface area (Å²) in [7, 11) is 3.42. The first-order chi connectivity index (χ1) is 19.5. The van der Waals surface area contributed by atoms with Gasteiger partial charge in [0.2, 0.25) is 5.91 Å². The van der Waals surface area contributed by atoms with E-state index in [0.717, 1.165) is 28.0 Å². The summed E-state index contributed by atoms with van der Waals surface area (Å²) in [5.74, 6) is 2.18. The first-order valence-corrected chi connectivity index (χ1v) is 12.9. The number of likely N-dealkylation sites (N-methyl/N-ethyl adjacent to an activating group) is 1. The van der Waals surface area contributed by atoms with Crippen molar-refractivity contribution < 1.29 is 14.3 Å². The molecule has 2 aromatic carbocycles. The van der Waals surface area contributed by atoms with E-state index >= 15 is 0 Å². The lowest BCUT2D eigenvalue weighted by Crippen LogP contribution is -2.48. The van der Waals surface area contributed by atoms with Crippen LogP contribution in [0.4, 0.5) is 11.6 Å². The van der Waals surface area contributed by atoms with Crippen molar-refractivity contribution in [3.63, 3.8) is 0 Å². The molecule has 40 heavy (non-hydrogen) atoms. The molecule has 0 unspecified atom stereocenters. The number of anilines is 2. The van der Waals surface area contributed by atoms with Gasteiger partial charge in [0.15, 0.2) is 11.6 Å². The standard InChI is InChI=1S/C29H28N8O3/c1-35-13-14-36(18-27(35)38)26-12-9-20(16-30-26)29(39)33-25-15-24(28-31-22-5-3-4-6-23(22)32-28)37(34-25)17-19-7-10-21(40-2)11-8-19/h3-12,15-16H,13-14,17-18H2,1-2H3,(H,31,32)(H,33,34,39). The second-order valence-electron chi connectivity index (χ2n) is 9.62. The molecule has 1 saturated heterocycles. The van der Waals surface area contributed by atoms with Crippen LogP contribution in [0.25, 0.3) is 22.6 Å². The van der Waals surface area contributed by atoms with Gasteiger partial charge >= 0.3 is 0 Å². The number of imidazole rings is 1. The zero-order valence-corrected chi connectivity index (χ0v) is 22.2. The van der Waals surface area contributed by atoms with Crippen molar-refractivity contribution in [1.82, 2.24) is 29.6 Å². The number of hydrogen-bond acceptors (Lipinski definition) is 7. The Morgan fingerprint density at radius 3 is 2.62 bits per heavy atom. The SMILES string of the molecule is COc1ccc(Cn2nc(NC(=O)c3ccc(N4CCN(C)C(=O)C4)nc3)cc2-c2nc3ccccc3[nH]2)cc1. The molecule has 5 aromatic rings. The van der Waals surface area contributed by atoms with E-state index in [1.807, 2.05) is 53.4 Å². The molecule has 0 aliphatic carbocycles. The number of pyridine rings is 1. The van der Waals surface area contributed by atoms with Gasteiger partial charge in [0, 0.05) is 32.4 Å². The number of aromatic amines is 1. The van der Waals surface area contributed by atoms with Gasteiger partial charge in [-0.2, -0.15) is 5.10 Å². The van der Waals surface area contributed by atoms with Gasteiger partial charge in [-0.1, -0.05) is 24.3 Å². The van der Waals surface area contributed by atoms with Gasteiger partial charge in [0.25, 0.3) is 5.91 Å². The zero-order chi connectivity index (χ0) is 27.6. The number of nitrogens with zero attached hydrogens (tertiary/aromatic N) is 6. The zero-order valence-electron chi connectivity index (χ0n) is 22.2. The highest BCUT2D eigenvalue weighted by atomic mass is 16.5. The number of amides is 2. The Morgan fingerprint density at radius 2 is 1.90 bits per heavy atom. The molecule has 6 rings (SSSR count). The van der Waals surface area contributed by atoms with Crippen LogP contribution < -0.4 is 15.0 Å². The molecule has 1 aliphatic rings. The van der Waals surface area contributed by atoms with E-state index in [4.69, 9.17) is 9.72 Å². The quantitative estimate of drug-likeness (QED) is 0.327. The molecular formula is C29H28N8O3. The Bertz CT molecular complexity index is 1640. The fraction of sp³-hybridized carbons (Fsp3) is 0.207. The second kappa shape index (κ2) is 10.5. The minimum absolute atomic E-state index is 0.0420. The number of methoxy groups -OCH3 is 1. The summed E-state index contributed by atoms with van der Waals surface area (Å²) in [5.41, 5.74) is 3.89. The number of H-pyrrole nitrogens is 1. The third kappa shape index (κ3) is 5.08. The first kappa shape index (κ1) is 25.1. The van der Waals surface area contributed by atoms with Crippen LogP contribution in [0.3, 0.4) is 0 Å². The Balaban J connectivity index is 1.25. The average Bonchev–Trinajstić information content (AvgIpc) is 3.58. The topological polar surface area (TPSA) is 121 Å². The molecule has 0 bridgehead atoms. The van der Waals surface area contributed by atoms with Crippen LogP contribution in [0, 0.1) is 0 Å².